The molecule has 0 spiro atoms. The van der Waals surface area contributed by atoms with E-state index in [1.807, 2.05) is 32.0 Å². The average molecular weight is 329 g/mol. The van der Waals surface area contributed by atoms with Crippen molar-refractivity contribution in [2.75, 3.05) is 13.3 Å². The maximum absolute atomic E-state index is 13.7. The van der Waals surface area contributed by atoms with Gasteiger partial charge in [0.2, 0.25) is 0 Å². The molecule has 1 heterocycles. The maximum Gasteiger partial charge on any atom is 0.251 e. The number of carbonyl (C=O) groups excluding carboxylic acids is 1. The van der Waals surface area contributed by atoms with Crippen LogP contribution >= 0.6 is 0 Å². The number of nitrogens with one attached hydrogen (secondary N) is 1. The van der Waals surface area contributed by atoms with Gasteiger partial charge >= 0.3 is 0 Å². The second-order valence-corrected chi connectivity index (χ2v) is 5.99. The summed E-state index contributed by atoms with van der Waals surface area (Å²) in [5.41, 5.74) is 4.09. The summed E-state index contributed by atoms with van der Waals surface area (Å²) in [6, 6.07) is 8.65. The van der Waals surface area contributed by atoms with Gasteiger partial charge in [-0.1, -0.05) is 17.7 Å². The van der Waals surface area contributed by atoms with Crippen molar-refractivity contribution in [1.29, 1.82) is 0 Å². The van der Waals surface area contributed by atoms with E-state index in [1.165, 1.54) is 12.1 Å². The van der Waals surface area contributed by atoms with E-state index in [9.17, 15) is 9.18 Å². The quantitative estimate of drug-likeness (QED) is 0.936. The second-order valence-electron chi connectivity index (χ2n) is 5.99. The molecule has 5 heteroatoms. The number of hydrogen-bond donors (Lipinski definition) is 1. The Labute approximate surface area is 140 Å². The molecule has 1 aliphatic heterocycles. The molecule has 3 rings (SSSR count). The predicted molar refractivity (Wildman–Crippen MR) is 88.6 cm³/mol. The lowest BCUT2D eigenvalue weighted by Crippen LogP contribution is -2.27. The summed E-state index contributed by atoms with van der Waals surface area (Å²) in [6.07, 6.45) is 0.497. The van der Waals surface area contributed by atoms with Crippen LogP contribution in [0.15, 0.2) is 30.3 Å². The van der Waals surface area contributed by atoms with E-state index in [0.717, 1.165) is 16.7 Å². The van der Waals surface area contributed by atoms with Crippen molar-refractivity contribution in [1.82, 2.24) is 5.32 Å². The topological polar surface area (TPSA) is 47.6 Å². The molecule has 126 valence electrons. The van der Waals surface area contributed by atoms with Crippen LogP contribution in [0.25, 0.3) is 0 Å². The normalized spacial score (nSPS) is 13.1. The molecular weight excluding hydrogens is 309 g/mol. The minimum atomic E-state index is -0.321. The highest BCUT2D eigenvalue weighted by molar-refractivity contribution is 5.95. The zero-order valence-electron chi connectivity index (χ0n) is 13.8. The Hall–Kier alpha value is -2.40. The average Bonchev–Trinajstić information content (AvgIpc) is 2.56. The van der Waals surface area contributed by atoms with Crippen LogP contribution in [0.1, 0.15) is 32.6 Å². The molecule has 0 atom stereocenters. The molecule has 0 radical (unpaired) electrons. The number of rotatable bonds is 4. The standard InChI is InChI=1S/C19H20FNO3/c1-12-3-4-13(2)17(7-12)19(22)21-6-5-14-8-16(20)9-15-10-23-11-24-18(14)15/h3-4,7-9H,5-6,10-11H2,1-2H3,(H,21,22). The Morgan fingerprint density at radius 2 is 2.08 bits per heavy atom. The molecule has 0 bridgehead atoms. The first-order valence-corrected chi connectivity index (χ1v) is 7.92. The molecule has 0 unspecified atom stereocenters. The fourth-order valence-corrected chi connectivity index (χ4v) is 2.83. The van der Waals surface area contributed by atoms with E-state index in [2.05, 4.69) is 5.32 Å². The SMILES string of the molecule is Cc1ccc(C)c(C(=O)NCCc2cc(F)cc3c2OCOC3)c1. The molecule has 1 aliphatic rings. The summed E-state index contributed by atoms with van der Waals surface area (Å²) in [7, 11) is 0. The minimum absolute atomic E-state index is 0.120. The van der Waals surface area contributed by atoms with Crippen molar-refractivity contribution in [2.45, 2.75) is 26.9 Å². The summed E-state index contributed by atoms with van der Waals surface area (Å²) in [5, 5.41) is 2.89. The summed E-state index contributed by atoms with van der Waals surface area (Å²) >= 11 is 0. The van der Waals surface area contributed by atoms with E-state index >= 15 is 0 Å². The van der Waals surface area contributed by atoms with Gasteiger partial charge in [-0.15, -0.1) is 0 Å². The zero-order chi connectivity index (χ0) is 17.1. The number of halogens is 1. The Morgan fingerprint density at radius 1 is 1.25 bits per heavy atom. The fraction of sp³-hybridized carbons (Fsp3) is 0.316. The predicted octanol–water partition coefficient (Wildman–Crippen LogP) is 3.28. The van der Waals surface area contributed by atoms with Gasteiger partial charge in [0.1, 0.15) is 11.6 Å². The Kier molecular flexibility index (Phi) is 4.81. The van der Waals surface area contributed by atoms with Gasteiger partial charge in [0, 0.05) is 17.7 Å². The molecule has 0 saturated heterocycles. The van der Waals surface area contributed by atoms with Crippen molar-refractivity contribution in [3.8, 4) is 5.75 Å². The first-order valence-electron chi connectivity index (χ1n) is 7.92. The van der Waals surface area contributed by atoms with E-state index in [1.54, 1.807) is 0 Å². The number of carbonyl (C=O) groups is 1. The fourth-order valence-electron chi connectivity index (χ4n) is 2.83. The van der Waals surface area contributed by atoms with Crippen molar-refractivity contribution < 1.29 is 18.7 Å². The molecule has 4 nitrogen and oxygen atoms in total. The van der Waals surface area contributed by atoms with Crippen LogP contribution < -0.4 is 10.1 Å². The summed E-state index contributed by atoms with van der Waals surface area (Å²) in [5.74, 6) is 0.230. The van der Waals surface area contributed by atoms with Gasteiger partial charge in [0.15, 0.2) is 6.79 Å². The number of fused-ring (bicyclic) bond motifs is 1. The largest absolute Gasteiger partial charge is 0.467 e. The first-order chi connectivity index (χ1) is 11.5. The van der Waals surface area contributed by atoms with Crippen molar-refractivity contribution in [3.63, 3.8) is 0 Å². The Balaban J connectivity index is 1.67. The lowest BCUT2D eigenvalue weighted by atomic mass is 10.0. The van der Waals surface area contributed by atoms with Gasteiger partial charge in [-0.2, -0.15) is 0 Å². The van der Waals surface area contributed by atoms with Gasteiger partial charge in [-0.25, -0.2) is 4.39 Å². The van der Waals surface area contributed by atoms with E-state index < -0.39 is 0 Å². The van der Waals surface area contributed by atoms with Crippen LogP contribution in [-0.2, 0) is 17.8 Å². The Bertz CT molecular complexity index is 773. The van der Waals surface area contributed by atoms with Gasteiger partial charge < -0.3 is 14.8 Å². The highest BCUT2D eigenvalue weighted by Crippen LogP contribution is 2.29. The van der Waals surface area contributed by atoms with Gasteiger partial charge in [0.05, 0.1) is 6.61 Å². The molecule has 2 aromatic rings. The van der Waals surface area contributed by atoms with Crippen LogP contribution in [0.4, 0.5) is 4.39 Å². The lowest BCUT2D eigenvalue weighted by Gasteiger charge is -2.21. The number of aryl methyl sites for hydroxylation is 2. The van der Waals surface area contributed by atoms with Crippen LogP contribution in [0, 0.1) is 19.7 Å². The van der Waals surface area contributed by atoms with Crippen molar-refractivity contribution in [2.24, 2.45) is 0 Å². The zero-order valence-corrected chi connectivity index (χ0v) is 13.8. The van der Waals surface area contributed by atoms with E-state index in [0.29, 0.717) is 36.4 Å². The molecule has 2 aromatic carbocycles. The second kappa shape index (κ2) is 7.01. The minimum Gasteiger partial charge on any atom is -0.467 e. The smallest absolute Gasteiger partial charge is 0.251 e. The summed E-state index contributed by atoms with van der Waals surface area (Å²) < 4.78 is 24.4. The maximum atomic E-state index is 13.7. The molecule has 0 saturated carbocycles. The van der Waals surface area contributed by atoms with Gasteiger partial charge in [0.25, 0.3) is 5.91 Å². The highest BCUT2D eigenvalue weighted by Gasteiger charge is 2.17. The van der Waals surface area contributed by atoms with Crippen LogP contribution in [0.3, 0.4) is 0 Å². The molecule has 1 amide bonds. The van der Waals surface area contributed by atoms with Crippen molar-refractivity contribution >= 4 is 5.91 Å². The highest BCUT2D eigenvalue weighted by atomic mass is 19.1. The first kappa shape index (κ1) is 16.5. The van der Waals surface area contributed by atoms with Gasteiger partial charge in [-0.05, 0) is 49.6 Å². The number of ether oxygens (including phenoxy) is 2. The molecular formula is C19H20FNO3. The lowest BCUT2D eigenvalue weighted by molar-refractivity contribution is -0.0172. The third-order valence-electron chi connectivity index (χ3n) is 4.07. The van der Waals surface area contributed by atoms with Crippen LogP contribution in [0.5, 0.6) is 5.75 Å². The molecule has 0 aliphatic carbocycles. The number of benzene rings is 2. The molecule has 0 fully saturated rings. The summed E-state index contributed by atoms with van der Waals surface area (Å²) in [4.78, 5) is 12.3. The monoisotopic (exact) mass is 329 g/mol. The number of amides is 1. The van der Waals surface area contributed by atoms with E-state index in [4.69, 9.17) is 9.47 Å². The molecule has 1 N–H and O–H groups in total. The Morgan fingerprint density at radius 3 is 2.92 bits per heavy atom. The third-order valence-corrected chi connectivity index (χ3v) is 4.07. The molecule has 24 heavy (non-hydrogen) atoms. The van der Waals surface area contributed by atoms with Gasteiger partial charge in [-0.3, -0.25) is 4.79 Å². The molecule has 0 aromatic heterocycles. The van der Waals surface area contributed by atoms with Crippen LogP contribution in [0.2, 0.25) is 0 Å². The van der Waals surface area contributed by atoms with Crippen LogP contribution in [-0.4, -0.2) is 19.2 Å². The third kappa shape index (κ3) is 3.57. The number of hydrogen-bond acceptors (Lipinski definition) is 3. The van der Waals surface area contributed by atoms with E-state index in [-0.39, 0.29) is 18.5 Å². The van der Waals surface area contributed by atoms with Crippen molar-refractivity contribution in [3.05, 3.63) is 64.0 Å². The summed E-state index contributed by atoms with van der Waals surface area (Å²) in [6.45, 7) is 4.78.